The van der Waals surface area contributed by atoms with Crippen molar-refractivity contribution in [2.24, 2.45) is 5.92 Å². The van der Waals surface area contributed by atoms with Crippen molar-refractivity contribution in [2.75, 3.05) is 13.1 Å². The summed E-state index contributed by atoms with van der Waals surface area (Å²) in [6.07, 6.45) is 0.464. The number of benzene rings is 3. The van der Waals surface area contributed by atoms with E-state index in [0.717, 1.165) is 29.3 Å². The Labute approximate surface area is 303 Å². The monoisotopic (exact) mass is 722 g/mol. The first-order valence-electron chi connectivity index (χ1n) is 18.0. The Morgan fingerprint density at radius 1 is 1.00 bits per heavy atom. The second-order valence-corrected chi connectivity index (χ2v) is 14.1. The van der Waals surface area contributed by atoms with Crippen LogP contribution in [-0.2, 0) is 38.6 Å². The van der Waals surface area contributed by atoms with E-state index in [0.29, 0.717) is 32.2 Å². The molecule has 280 valence electrons. The number of aryl methyl sites for hydroxylation is 1. The minimum Gasteiger partial charge on any atom is -0.389 e. The number of likely N-dealkylation sites (tertiary alicyclic amines) is 1. The molecule has 0 unspecified atom stereocenters. The molecule has 3 aromatic carbocycles. The minimum atomic E-state index is -1.21. The summed E-state index contributed by atoms with van der Waals surface area (Å²) in [7, 11) is 0. The van der Waals surface area contributed by atoms with Crippen molar-refractivity contribution >= 4 is 17.7 Å². The van der Waals surface area contributed by atoms with Crippen LogP contribution in [0.4, 0.5) is 13.2 Å². The van der Waals surface area contributed by atoms with E-state index in [-0.39, 0.29) is 61.2 Å². The Hall–Kier alpha value is -4.26. The fourth-order valence-electron chi connectivity index (χ4n) is 7.51. The van der Waals surface area contributed by atoms with Gasteiger partial charge < -0.3 is 30.7 Å². The van der Waals surface area contributed by atoms with E-state index in [4.69, 9.17) is 4.74 Å². The summed E-state index contributed by atoms with van der Waals surface area (Å²) in [4.78, 5) is 42.6. The smallest absolute Gasteiger partial charge is 0.249 e. The predicted octanol–water partition coefficient (Wildman–Crippen LogP) is 4.59. The van der Waals surface area contributed by atoms with Gasteiger partial charge in [0.05, 0.1) is 24.9 Å². The Kier molecular flexibility index (Phi) is 13.1. The number of carbonyl (C=O) groups excluding carboxylic acids is 3. The molecule has 2 fully saturated rings. The van der Waals surface area contributed by atoms with E-state index in [2.05, 4.69) is 16.0 Å². The average molecular weight is 723 g/mol. The lowest BCUT2D eigenvalue weighted by atomic mass is 9.81. The molecule has 52 heavy (non-hydrogen) atoms. The summed E-state index contributed by atoms with van der Waals surface area (Å²) < 4.78 is 48.0. The van der Waals surface area contributed by atoms with E-state index in [1.165, 1.54) is 24.0 Å². The van der Waals surface area contributed by atoms with Gasteiger partial charge in [0.1, 0.15) is 29.0 Å². The van der Waals surface area contributed by atoms with Crippen molar-refractivity contribution in [2.45, 2.75) is 102 Å². The summed E-state index contributed by atoms with van der Waals surface area (Å²) in [5, 5.41) is 20.9. The lowest BCUT2D eigenvalue weighted by Crippen LogP contribution is -2.61. The van der Waals surface area contributed by atoms with Crippen LogP contribution < -0.4 is 16.0 Å². The average Bonchev–Trinajstić information content (AvgIpc) is 3.72. The van der Waals surface area contributed by atoms with E-state index in [9.17, 15) is 32.7 Å². The van der Waals surface area contributed by atoms with Crippen LogP contribution in [-0.4, -0.2) is 76.7 Å². The second-order valence-electron chi connectivity index (χ2n) is 14.1. The van der Waals surface area contributed by atoms with Gasteiger partial charge >= 0.3 is 0 Å². The molecule has 2 heterocycles. The first-order chi connectivity index (χ1) is 24.9. The predicted molar refractivity (Wildman–Crippen MR) is 190 cm³/mol. The van der Waals surface area contributed by atoms with Gasteiger partial charge in [0.15, 0.2) is 0 Å². The van der Waals surface area contributed by atoms with Crippen molar-refractivity contribution < 1.29 is 37.4 Å². The molecule has 0 spiro atoms. The van der Waals surface area contributed by atoms with Crippen LogP contribution in [0.1, 0.15) is 63.1 Å². The molecule has 9 nitrogen and oxygen atoms in total. The molecule has 2 aliphatic rings. The number of amides is 3. The summed E-state index contributed by atoms with van der Waals surface area (Å²) in [6, 6.07) is 16.1. The second kappa shape index (κ2) is 17.5. The molecular weight excluding hydrogens is 673 g/mol. The molecule has 0 aliphatic carbocycles. The summed E-state index contributed by atoms with van der Waals surface area (Å²) >= 11 is 0. The minimum absolute atomic E-state index is 0.0943. The molecule has 7 atom stereocenters. The third-order valence-corrected chi connectivity index (χ3v) is 10.5. The zero-order valence-electron chi connectivity index (χ0n) is 29.9. The fourth-order valence-corrected chi connectivity index (χ4v) is 7.51. The largest absolute Gasteiger partial charge is 0.389 e. The Morgan fingerprint density at radius 2 is 1.69 bits per heavy atom. The molecule has 2 saturated heterocycles. The maximum Gasteiger partial charge on any atom is 0.249 e. The maximum atomic E-state index is 14.4. The molecule has 2 aliphatic heterocycles. The highest BCUT2D eigenvalue weighted by molar-refractivity contribution is 5.96. The molecule has 4 N–H and O–H groups in total. The topological polar surface area (TPSA) is 120 Å². The van der Waals surface area contributed by atoms with Gasteiger partial charge in [-0.2, -0.15) is 0 Å². The zero-order valence-corrected chi connectivity index (χ0v) is 29.9. The SMILES string of the molecule is CC[C@@H](C)[C@@]1(NC(C)=O)CCN([C@@H](CCc2ccccc2)C(=O)N[C@@H](Cc2cc(F)cc(F)c2)[C@@H](O)[C@H]2C[C@@H](OCc3ccc(F)cc3)CN2)C1=O. The van der Waals surface area contributed by atoms with Crippen molar-refractivity contribution in [3.63, 3.8) is 0 Å². The highest BCUT2D eigenvalue weighted by Crippen LogP contribution is 2.35. The quantitative estimate of drug-likeness (QED) is 0.172. The van der Waals surface area contributed by atoms with Crippen LogP contribution in [0.25, 0.3) is 0 Å². The van der Waals surface area contributed by atoms with E-state index in [1.807, 2.05) is 44.2 Å². The van der Waals surface area contributed by atoms with E-state index < -0.39 is 47.3 Å². The van der Waals surface area contributed by atoms with Crippen LogP contribution in [0, 0.1) is 23.4 Å². The van der Waals surface area contributed by atoms with Crippen molar-refractivity contribution in [1.29, 1.82) is 0 Å². The Morgan fingerprint density at radius 3 is 2.35 bits per heavy atom. The summed E-state index contributed by atoms with van der Waals surface area (Å²) in [6.45, 7) is 6.10. The Balaban J connectivity index is 1.38. The fraction of sp³-hybridized carbons (Fsp3) is 0.475. The van der Waals surface area contributed by atoms with Gasteiger partial charge in [0, 0.05) is 32.1 Å². The van der Waals surface area contributed by atoms with Crippen LogP contribution in [0.15, 0.2) is 72.8 Å². The number of carbonyl (C=O) groups is 3. The normalized spacial score (nSPS) is 22.5. The molecule has 12 heteroatoms. The van der Waals surface area contributed by atoms with Gasteiger partial charge in [0.25, 0.3) is 0 Å². The third kappa shape index (κ3) is 9.58. The molecule has 3 aromatic rings. The van der Waals surface area contributed by atoms with Gasteiger partial charge in [-0.3, -0.25) is 14.4 Å². The number of hydrogen-bond donors (Lipinski definition) is 4. The molecule has 3 amide bonds. The first-order valence-corrected chi connectivity index (χ1v) is 18.0. The number of ether oxygens (including phenoxy) is 1. The third-order valence-electron chi connectivity index (χ3n) is 10.5. The zero-order chi connectivity index (χ0) is 37.4. The highest BCUT2D eigenvalue weighted by atomic mass is 19.1. The molecule has 5 rings (SSSR count). The van der Waals surface area contributed by atoms with E-state index >= 15 is 0 Å². The van der Waals surface area contributed by atoms with Gasteiger partial charge in [0.2, 0.25) is 17.7 Å². The summed E-state index contributed by atoms with van der Waals surface area (Å²) in [5.41, 5.74) is 0.831. The summed E-state index contributed by atoms with van der Waals surface area (Å²) in [5.74, 6) is -3.31. The number of nitrogens with one attached hydrogen (secondary N) is 3. The number of nitrogens with zero attached hydrogens (tertiary/aromatic N) is 1. The molecular formula is C40H49F3N4O5. The van der Waals surface area contributed by atoms with Crippen molar-refractivity contribution in [1.82, 2.24) is 20.9 Å². The van der Waals surface area contributed by atoms with Gasteiger partial charge in [-0.15, -0.1) is 0 Å². The van der Waals surface area contributed by atoms with Gasteiger partial charge in [-0.25, -0.2) is 13.2 Å². The number of aliphatic hydroxyl groups excluding tert-OH is 1. The number of halogens is 3. The Bertz CT molecular complexity index is 1660. The number of rotatable bonds is 16. The van der Waals surface area contributed by atoms with Crippen LogP contribution in [0.5, 0.6) is 0 Å². The van der Waals surface area contributed by atoms with Crippen LogP contribution >= 0.6 is 0 Å². The molecule has 0 saturated carbocycles. The van der Waals surface area contributed by atoms with Gasteiger partial charge in [-0.05, 0) is 79.0 Å². The van der Waals surface area contributed by atoms with Crippen LogP contribution in [0.3, 0.4) is 0 Å². The maximum absolute atomic E-state index is 14.4. The highest BCUT2D eigenvalue weighted by Gasteiger charge is 2.53. The number of aliphatic hydroxyl groups is 1. The first kappa shape index (κ1) is 39.0. The molecule has 0 radical (unpaired) electrons. The van der Waals surface area contributed by atoms with Crippen molar-refractivity contribution in [3.8, 4) is 0 Å². The van der Waals surface area contributed by atoms with Gasteiger partial charge in [-0.1, -0.05) is 62.7 Å². The lowest BCUT2D eigenvalue weighted by molar-refractivity contribution is -0.144. The molecule has 0 aromatic heterocycles. The lowest BCUT2D eigenvalue weighted by Gasteiger charge is -2.36. The number of hydrogen-bond acceptors (Lipinski definition) is 6. The van der Waals surface area contributed by atoms with E-state index in [1.54, 1.807) is 12.1 Å². The standard InChI is InChI=1S/C40H49F3N4O5/c1-4-25(2)40(46-26(3)48)16-17-47(39(40)51)36(15-12-27-8-6-5-7-9-27)38(50)45-35(20-29-18-31(42)21-32(43)19-29)37(49)34-22-33(23-44-34)52-24-28-10-13-30(41)14-11-28/h5-11,13-14,18-19,21,25,33-37,44,49H,4,12,15-17,20,22-24H2,1-3H3,(H,45,50)(H,46,48)/t25-,33-,34-,35+,36+,37+,40+/m1/s1. The molecule has 0 bridgehead atoms. The van der Waals surface area contributed by atoms with Crippen molar-refractivity contribution in [3.05, 3.63) is 107 Å². The van der Waals surface area contributed by atoms with Crippen LogP contribution in [0.2, 0.25) is 0 Å².